The maximum Gasteiger partial charge on any atom is 0.387 e. The number of esters is 1. The van der Waals surface area contributed by atoms with Crippen molar-refractivity contribution in [1.82, 2.24) is 4.98 Å². The summed E-state index contributed by atoms with van der Waals surface area (Å²) >= 11 is 0. The van der Waals surface area contributed by atoms with Gasteiger partial charge in [0, 0.05) is 18.2 Å². The van der Waals surface area contributed by atoms with Gasteiger partial charge < -0.3 is 24.4 Å². The molecule has 1 N–H and O–H groups in total. The number of anilines is 2. The monoisotopic (exact) mass is 587 g/mol. The highest BCUT2D eigenvalue weighted by atomic mass is 35.5. The van der Waals surface area contributed by atoms with E-state index in [1.165, 1.54) is 13.2 Å². The molecule has 0 radical (unpaired) electrons. The number of amides is 1. The Morgan fingerprint density at radius 3 is 2.51 bits per heavy atom. The Morgan fingerprint density at radius 1 is 1.07 bits per heavy atom. The van der Waals surface area contributed by atoms with Crippen LogP contribution in [0.2, 0.25) is 0 Å². The number of aromatic nitrogens is 1. The Labute approximate surface area is 243 Å². The van der Waals surface area contributed by atoms with Crippen LogP contribution >= 0.6 is 12.4 Å². The number of aryl methyl sites for hydroxylation is 1. The molecule has 0 bridgehead atoms. The number of carbonyl (C=O) groups is 2. The van der Waals surface area contributed by atoms with Crippen LogP contribution in [-0.4, -0.2) is 49.8 Å². The predicted octanol–water partition coefficient (Wildman–Crippen LogP) is 5.99. The summed E-state index contributed by atoms with van der Waals surface area (Å²) in [7, 11) is 1.33. The third kappa shape index (κ3) is 7.43. The van der Waals surface area contributed by atoms with Crippen molar-refractivity contribution in [2.24, 2.45) is 5.92 Å². The Kier molecular flexibility index (Phi) is 9.65. The quantitative estimate of drug-likeness (QED) is 0.291. The van der Waals surface area contributed by atoms with Crippen molar-refractivity contribution in [3.05, 3.63) is 77.5 Å². The number of halogens is 3. The van der Waals surface area contributed by atoms with E-state index in [-0.39, 0.29) is 41.4 Å². The molecule has 2 unspecified atom stereocenters. The number of carbonyl (C=O) groups excluding carboxylic acids is 2. The highest BCUT2D eigenvalue weighted by Crippen LogP contribution is 2.40. The second-order valence-corrected chi connectivity index (χ2v) is 10.2. The van der Waals surface area contributed by atoms with Crippen molar-refractivity contribution in [3.8, 4) is 11.5 Å². The molecule has 1 aliphatic carbocycles. The minimum atomic E-state index is -2.97. The Morgan fingerprint density at radius 2 is 1.83 bits per heavy atom. The molecule has 1 aliphatic heterocycles. The Bertz CT molecular complexity index is 1370. The third-order valence-electron chi connectivity index (χ3n) is 7.17. The van der Waals surface area contributed by atoms with Gasteiger partial charge in [-0.1, -0.05) is 29.8 Å². The van der Waals surface area contributed by atoms with Crippen molar-refractivity contribution < 1.29 is 32.6 Å². The molecule has 1 saturated heterocycles. The molecule has 3 aromatic rings. The number of hydrogen-bond acceptors (Lipinski definition) is 7. The fraction of sp³-hybridized carbons (Fsp3) is 0.367. The number of alkyl halides is 2. The SMILES string of the molecule is COC(=O)C1CC(c2ccc(OC(F)F)c(OCC3CC3)c2)CN1c1cccc(C(=O)Nc2ccc(C)cc2)n1.Cl. The van der Waals surface area contributed by atoms with Gasteiger partial charge in [-0.15, -0.1) is 12.4 Å². The van der Waals surface area contributed by atoms with Crippen LogP contribution in [-0.2, 0) is 9.53 Å². The van der Waals surface area contributed by atoms with Crippen LogP contribution in [0.15, 0.2) is 60.7 Å². The average Bonchev–Trinajstić information content (AvgIpc) is 3.68. The van der Waals surface area contributed by atoms with Gasteiger partial charge in [-0.3, -0.25) is 4.79 Å². The summed E-state index contributed by atoms with van der Waals surface area (Å²) in [5, 5.41) is 2.84. The van der Waals surface area contributed by atoms with E-state index < -0.39 is 18.6 Å². The molecule has 2 heterocycles. The minimum Gasteiger partial charge on any atom is -0.489 e. The maximum atomic E-state index is 13.0. The zero-order chi connectivity index (χ0) is 28.2. The second kappa shape index (κ2) is 13.2. The standard InChI is InChI=1S/C30H31F2N3O5.ClH/c1-18-6-11-22(12-7-18)33-28(36)23-4-3-5-27(34-23)35-16-21(14-24(35)29(37)38-2)20-10-13-25(40-30(31)32)26(15-20)39-17-19-8-9-19;/h3-7,10-13,15,19,21,24,30H,8-9,14,16-17H2,1-2H3,(H,33,36);1H. The smallest absolute Gasteiger partial charge is 0.387 e. The van der Waals surface area contributed by atoms with Crippen LogP contribution in [0, 0.1) is 12.8 Å². The minimum absolute atomic E-state index is 0. The molecule has 8 nitrogen and oxygen atoms in total. The first-order valence-electron chi connectivity index (χ1n) is 13.2. The number of nitrogens with one attached hydrogen (secondary N) is 1. The number of pyridine rings is 1. The number of ether oxygens (including phenoxy) is 3. The predicted molar refractivity (Wildman–Crippen MR) is 152 cm³/mol. The molecule has 5 rings (SSSR count). The van der Waals surface area contributed by atoms with Gasteiger partial charge in [-0.2, -0.15) is 8.78 Å². The molecule has 2 aliphatic rings. The number of benzene rings is 2. The topological polar surface area (TPSA) is 90.0 Å². The number of methoxy groups -OCH3 is 1. The van der Waals surface area contributed by atoms with Gasteiger partial charge in [0.2, 0.25) is 0 Å². The van der Waals surface area contributed by atoms with Crippen LogP contribution in [0.5, 0.6) is 11.5 Å². The molecule has 1 amide bonds. The highest BCUT2D eigenvalue weighted by molar-refractivity contribution is 6.03. The second-order valence-electron chi connectivity index (χ2n) is 10.2. The van der Waals surface area contributed by atoms with E-state index in [1.54, 1.807) is 30.3 Å². The first kappa shape index (κ1) is 30.0. The van der Waals surface area contributed by atoms with Gasteiger partial charge in [0.05, 0.1) is 13.7 Å². The summed E-state index contributed by atoms with van der Waals surface area (Å²) in [4.78, 5) is 32.1. The molecule has 2 fully saturated rings. The van der Waals surface area contributed by atoms with E-state index in [9.17, 15) is 18.4 Å². The maximum absolute atomic E-state index is 13.0. The van der Waals surface area contributed by atoms with Gasteiger partial charge in [-0.25, -0.2) is 9.78 Å². The van der Waals surface area contributed by atoms with Crippen molar-refractivity contribution in [2.75, 3.05) is 30.5 Å². The first-order chi connectivity index (χ1) is 19.3. The van der Waals surface area contributed by atoms with Crippen molar-refractivity contribution in [2.45, 2.75) is 44.8 Å². The third-order valence-corrected chi connectivity index (χ3v) is 7.17. The zero-order valence-corrected chi connectivity index (χ0v) is 23.5. The molecular weight excluding hydrogens is 556 g/mol. The summed E-state index contributed by atoms with van der Waals surface area (Å²) in [5.74, 6) is 0.163. The fourth-order valence-electron chi connectivity index (χ4n) is 4.81. The molecule has 2 aromatic carbocycles. The van der Waals surface area contributed by atoms with Crippen LogP contribution < -0.4 is 19.7 Å². The molecule has 218 valence electrons. The lowest BCUT2D eigenvalue weighted by Crippen LogP contribution is -2.37. The van der Waals surface area contributed by atoms with Gasteiger partial charge in [0.1, 0.15) is 17.6 Å². The fourth-order valence-corrected chi connectivity index (χ4v) is 4.81. The van der Waals surface area contributed by atoms with Crippen molar-refractivity contribution in [3.63, 3.8) is 0 Å². The van der Waals surface area contributed by atoms with Crippen LogP contribution in [0.25, 0.3) is 0 Å². The molecule has 2 atom stereocenters. The summed E-state index contributed by atoms with van der Waals surface area (Å²) in [6, 6.07) is 16.8. The van der Waals surface area contributed by atoms with E-state index in [2.05, 4.69) is 15.0 Å². The summed E-state index contributed by atoms with van der Waals surface area (Å²) in [6.45, 7) is -0.175. The first-order valence-corrected chi connectivity index (χ1v) is 13.2. The molecule has 41 heavy (non-hydrogen) atoms. The van der Waals surface area contributed by atoms with E-state index in [0.717, 1.165) is 24.0 Å². The van der Waals surface area contributed by atoms with E-state index >= 15 is 0 Å². The lowest BCUT2D eigenvalue weighted by molar-refractivity contribution is -0.142. The summed E-state index contributed by atoms with van der Waals surface area (Å²) in [5.41, 5.74) is 2.75. The van der Waals surface area contributed by atoms with Gasteiger partial charge in [-0.05, 0) is 74.1 Å². The normalized spacial score (nSPS) is 18.0. The van der Waals surface area contributed by atoms with Crippen LogP contribution in [0.4, 0.5) is 20.3 Å². The molecule has 0 spiro atoms. The van der Waals surface area contributed by atoms with Crippen molar-refractivity contribution >= 4 is 35.8 Å². The summed E-state index contributed by atoms with van der Waals surface area (Å²) < 4.78 is 41.6. The number of hydrogen-bond donors (Lipinski definition) is 1. The molecule has 1 aromatic heterocycles. The lowest BCUT2D eigenvalue weighted by Gasteiger charge is -2.24. The number of nitrogens with zero attached hydrogens (tertiary/aromatic N) is 2. The van der Waals surface area contributed by atoms with Gasteiger partial charge >= 0.3 is 12.6 Å². The van der Waals surface area contributed by atoms with E-state index in [0.29, 0.717) is 37.0 Å². The molecule has 1 saturated carbocycles. The zero-order valence-electron chi connectivity index (χ0n) is 22.7. The Balaban J connectivity index is 0.00000387. The largest absolute Gasteiger partial charge is 0.489 e. The van der Waals surface area contributed by atoms with Gasteiger partial charge in [0.25, 0.3) is 5.91 Å². The molecule has 11 heteroatoms. The van der Waals surface area contributed by atoms with Gasteiger partial charge in [0.15, 0.2) is 11.5 Å². The van der Waals surface area contributed by atoms with E-state index in [4.69, 9.17) is 9.47 Å². The van der Waals surface area contributed by atoms with Crippen molar-refractivity contribution in [1.29, 1.82) is 0 Å². The number of rotatable bonds is 10. The van der Waals surface area contributed by atoms with Crippen LogP contribution in [0.1, 0.15) is 46.8 Å². The highest BCUT2D eigenvalue weighted by Gasteiger charge is 2.39. The summed E-state index contributed by atoms with van der Waals surface area (Å²) in [6.07, 6.45) is 2.52. The Hall–Kier alpha value is -3.92. The lowest BCUT2D eigenvalue weighted by atomic mass is 9.96. The average molecular weight is 588 g/mol. The van der Waals surface area contributed by atoms with Crippen LogP contribution in [0.3, 0.4) is 0 Å². The molecular formula is C30H32ClF2N3O5. The van der Waals surface area contributed by atoms with E-state index in [1.807, 2.05) is 36.1 Å².